The monoisotopic (exact) mass is 263 g/mol. The Kier molecular flexibility index (Phi) is 3.12. The average Bonchev–Trinajstić information content (AvgIpc) is 2.88. The van der Waals surface area contributed by atoms with Crippen LogP contribution in [0.3, 0.4) is 0 Å². The zero-order chi connectivity index (χ0) is 13.3. The molecule has 1 amide bonds. The summed E-state index contributed by atoms with van der Waals surface area (Å²) >= 11 is 0. The van der Waals surface area contributed by atoms with Gasteiger partial charge in [-0.3, -0.25) is 4.79 Å². The van der Waals surface area contributed by atoms with Crippen LogP contribution in [0.25, 0.3) is 0 Å². The van der Waals surface area contributed by atoms with E-state index in [1.54, 1.807) is 18.3 Å². The normalized spacial score (nSPS) is 21.8. The molecule has 2 aliphatic rings. The van der Waals surface area contributed by atoms with Crippen molar-refractivity contribution in [3.05, 3.63) is 23.9 Å². The highest BCUT2D eigenvalue weighted by Crippen LogP contribution is 2.33. The lowest BCUT2D eigenvalue weighted by molar-refractivity contribution is -0.169. The van der Waals surface area contributed by atoms with Gasteiger partial charge in [0, 0.05) is 32.1 Å². The van der Waals surface area contributed by atoms with Crippen LogP contribution in [0.15, 0.2) is 18.3 Å². The molecule has 3 heterocycles. The van der Waals surface area contributed by atoms with Crippen LogP contribution >= 0.6 is 0 Å². The summed E-state index contributed by atoms with van der Waals surface area (Å²) in [5.74, 6) is -0.211. The van der Waals surface area contributed by atoms with Crippen LogP contribution in [-0.2, 0) is 9.47 Å². The molecular formula is C13H17N3O3. The Hall–Kier alpha value is -1.66. The molecule has 2 N–H and O–H groups in total. The molecule has 19 heavy (non-hydrogen) atoms. The number of hydrogen-bond acceptors (Lipinski definition) is 5. The molecule has 6 heteroatoms. The number of aromatic nitrogens is 1. The van der Waals surface area contributed by atoms with Crippen molar-refractivity contribution in [2.45, 2.75) is 18.6 Å². The standard InChI is InChI=1S/C13H17N3O3/c14-11(17)10-2-1-5-15-12(10)16-6-3-13(4-7-16)18-8-9-19-13/h1-2,5H,3-4,6-9H2,(H2,14,17). The maximum absolute atomic E-state index is 11.4. The number of anilines is 1. The van der Waals surface area contributed by atoms with Crippen LogP contribution in [0.1, 0.15) is 23.2 Å². The quantitative estimate of drug-likeness (QED) is 0.842. The Morgan fingerprint density at radius 2 is 2.00 bits per heavy atom. The minimum atomic E-state index is -0.447. The molecule has 0 bridgehead atoms. The number of nitrogens with two attached hydrogens (primary N) is 1. The maximum Gasteiger partial charge on any atom is 0.252 e. The van der Waals surface area contributed by atoms with Crippen molar-refractivity contribution in [1.82, 2.24) is 4.98 Å². The molecule has 0 atom stereocenters. The molecule has 1 aromatic heterocycles. The predicted molar refractivity (Wildman–Crippen MR) is 68.8 cm³/mol. The van der Waals surface area contributed by atoms with E-state index in [9.17, 15) is 4.79 Å². The van der Waals surface area contributed by atoms with Crippen LogP contribution in [-0.4, -0.2) is 43.0 Å². The molecule has 0 aromatic carbocycles. The van der Waals surface area contributed by atoms with Crippen molar-refractivity contribution in [1.29, 1.82) is 0 Å². The van der Waals surface area contributed by atoms with E-state index < -0.39 is 11.7 Å². The summed E-state index contributed by atoms with van der Waals surface area (Å²) in [6.07, 6.45) is 3.23. The minimum Gasteiger partial charge on any atom is -0.365 e. The Bertz CT molecular complexity index is 476. The first-order valence-corrected chi connectivity index (χ1v) is 6.48. The fourth-order valence-electron chi connectivity index (χ4n) is 2.69. The van der Waals surface area contributed by atoms with E-state index in [2.05, 4.69) is 9.88 Å². The Labute approximate surface area is 111 Å². The van der Waals surface area contributed by atoms with Gasteiger partial charge in [-0.25, -0.2) is 4.98 Å². The second-order valence-electron chi connectivity index (χ2n) is 4.83. The SMILES string of the molecule is NC(=O)c1cccnc1N1CCC2(CC1)OCCO2. The molecule has 1 aromatic rings. The molecular weight excluding hydrogens is 246 g/mol. The van der Waals surface area contributed by atoms with Crippen LogP contribution in [0.4, 0.5) is 5.82 Å². The third-order valence-electron chi connectivity index (χ3n) is 3.69. The number of pyridine rings is 1. The molecule has 1 spiro atoms. The van der Waals surface area contributed by atoms with Gasteiger partial charge in [0.25, 0.3) is 5.91 Å². The van der Waals surface area contributed by atoms with Crippen LogP contribution < -0.4 is 10.6 Å². The van der Waals surface area contributed by atoms with Crippen molar-refractivity contribution >= 4 is 11.7 Å². The van der Waals surface area contributed by atoms with E-state index in [4.69, 9.17) is 15.2 Å². The van der Waals surface area contributed by atoms with Crippen molar-refractivity contribution in [3.63, 3.8) is 0 Å². The summed E-state index contributed by atoms with van der Waals surface area (Å²) in [4.78, 5) is 17.8. The molecule has 3 rings (SSSR count). The Morgan fingerprint density at radius 1 is 1.32 bits per heavy atom. The highest BCUT2D eigenvalue weighted by molar-refractivity contribution is 5.97. The third-order valence-corrected chi connectivity index (χ3v) is 3.69. The third kappa shape index (κ3) is 2.29. The number of ether oxygens (including phenoxy) is 2. The zero-order valence-corrected chi connectivity index (χ0v) is 10.7. The largest absolute Gasteiger partial charge is 0.365 e. The summed E-state index contributed by atoms with van der Waals surface area (Å²) < 4.78 is 11.4. The van der Waals surface area contributed by atoms with Gasteiger partial charge in [-0.05, 0) is 12.1 Å². The molecule has 2 saturated heterocycles. The van der Waals surface area contributed by atoms with Gasteiger partial charge in [-0.1, -0.05) is 0 Å². The number of piperidine rings is 1. The van der Waals surface area contributed by atoms with Gasteiger partial charge < -0.3 is 20.1 Å². The smallest absolute Gasteiger partial charge is 0.252 e. The number of nitrogens with zero attached hydrogens (tertiary/aromatic N) is 2. The molecule has 2 aliphatic heterocycles. The van der Waals surface area contributed by atoms with Crippen molar-refractivity contribution in [2.75, 3.05) is 31.2 Å². The zero-order valence-electron chi connectivity index (χ0n) is 10.7. The average molecular weight is 263 g/mol. The first-order valence-electron chi connectivity index (χ1n) is 6.48. The molecule has 0 radical (unpaired) electrons. The van der Waals surface area contributed by atoms with Crippen LogP contribution in [0.5, 0.6) is 0 Å². The highest BCUT2D eigenvalue weighted by atomic mass is 16.7. The number of hydrogen-bond donors (Lipinski definition) is 1. The van der Waals surface area contributed by atoms with Gasteiger partial charge in [-0.2, -0.15) is 0 Å². The van der Waals surface area contributed by atoms with E-state index in [0.29, 0.717) is 24.6 Å². The maximum atomic E-state index is 11.4. The van der Waals surface area contributed by atoms with Gasteiger partial charge in [0.15, 0.2) is 5.79 Å². The number of carbonyl (C=O) groups excluding carboxylic acids is 1. The van der Waals surface area contributed by atoms with Gasteiger partial charge in [0.05, 0.1) is 18.8 Å². The van der Waals surface area contributed by atoms with Crippen molar-refractivity contribution < 1.29 is 14.3 Å². The second-order valence-corrected chi connectivity index (χ2v) is 4.83. The summed E-state index contributed by atoms with van der Waals surface area (Å²) in [7, 11) is 0. The van der Waals surface area contributed by atoms with E-state index in [-0.39, 0.29) is 0 Å². The van der Waals surface area contributed by atoms with Gasteiger partial charge in [-0.15, -0.1) is 0 Å². The Morgan fingerprint density at radius 3 is 2.63 bits per heavy atom. The van der Waals surface area contributed by atoms with Crippen molar-refractivity contribution in [3.8, 4) is 0 Å². The summed E-state index contributed by atoms with van der Waals surface area (Å²) in [6, 6.07) is 3.43. The molecule has 6 nitrogen and oxygen atoms in total. The van der Waals surface area contributed by atoms with Gasteiger partial charge in [0.1, 0.15) is 5.82 Å². The van der Waals surface area contributed by atoms with Gasteiger partial charge in [0.2, 0.25) is 0 Å². The molecule has 102 valence electrons. The lowest BCUT2D eigenvalue weighted by Crippen LogP contribution is -2.46. The molecule has 0 unspecified atom stereocenters. The lowest BCUT2D eigenvalue weighted by atomic mass is 10.0. The fraction of sp³-hybridized carbons (Fsp3) is 0.538. The van der Waals surface area contributed by atoms with Gasteiger partial charge >= 0.3 is 0 Å². The van der Waals surface area contributed by atoms with Crippen LogP contribution in [0, 0.1) is 0 Å². The lowest BCUT2D eigenvalue weighted by Gasteiger charge is -2.38. The van der Waals surface area contributed by atoms with E-state index in [1.165, 1.54) is 0 Å². The minimum absolute atomic E-state index is 0.418. The summed E-state index contributed by atoms with van der Waals surface area (Å²) in [5.41, 5.74) is 5.85. The predicted octanol–water partition coefficient (Wildman–Crippen LogP) is 0.524. The Balaban J connectivity index is 1.76. The number of primary amides is 1. The topological polar surface area (TPSA) is 77.7 Å². The molecule has 0 saturated carbocycles. The van der Waals surface area contributed by atoms with Crippen LogP contribution in [0.2, 0.25) is 0 Å². The van der Waals surface area contributed by atoms with Crippen molar-refractivity contribution in [2.24, 2.45) is 5.73 Å². The first kappa shape index (κ1) is 12.4. The number of rotatable bonds is 2. The van der Waals surface area contributed by atoms with E-state index in [0.717, 1.165) is 25.9 Å². The second kappa shape index (κ2) is 4.79. The van der Waals surface area contributed by atoms with E-state index in [1.807, 2.05) is 0 Å². The number of carbonyl (C=O) groups is 1. The molecule has 0 aliphatic carbocycles. The fourth-order valence-corrected chi connectivity index (χ4v) is 2.69. The first-order chi connectivity index (χ1) is 9.20. The summed E-state index contributed by atoms with van der Waals surface area (Å²) in [6.45, 7) is 2.82. The molecule has 2 fully saturated rings. The number of amides is 1. The van der Waals surface area contributed by atoms with E-state index >= 15 is 0 Å². The summed E-state index contributed by atoms with van der Waals surface area (Å²) in [5, 5.41) is 0. The highest BCUT2D eigenvalue weighted by Gasteiger charge is 2.40.